The number of rotatable bonds is 0. The summed E-state index contributed by atoms with van der Waals surface area (Å²) in [6.07, 6.45) is 0. The van der Waals surface area contributed by atoms with E-state index in [0.717, 1.165) is 0 Å². The third kappa shape index (κ3) is 24.2. The zero-order chi connectivity index (χ0) is 101. The van der Waals surface area contributed by atoms with Crippen LogP contribution >= 0.6 is 0 Å². The van der Waals surface area contributed by atoms with Crippen molar-refractivity contribution < 1.29 is 0 Å². The quantitative estimate of drug-likeness (QED) is 0.105. The van der Waals surface area contributed by atoms with E-state index < -0.39 is 0 Å². The van der Waals surface area contributed by atoms with Crippen molar-refractivity contribution in [1.82, 2.24) is 0 Å². The summed E-state index contributed by atoms with van der Waals surface area (Å²) in [5.74, 6) is 0. The SMILES string of the molecule is CC.CC.CC.CC.CC.CC.CC.CC.CC.CC.Cc1c2ccccc2c(C)c2ccccc12.Cc1cc2ccc3cc(C)cc4ccc(c1)c2c34.Cc1cc2cccc3c(C)cc4cccc1c4c23.Cc1ccc(C)c2cc3ccccc3cc12.Cc1ccc2cc3cc(C)ccc3cc2c1.Cc1ccc2ccc3c(C)ccc4ccc1c2c43.Cc1cccc2c(C)c3ccccc3cc12. The Bertz CT molecular complexity index is 7420. The Balaban J connectivity index is 0.000000192. The molecule has 0 heterocycles. The largest absolute Gasteiger partial charge is 0.0683 e. The van der Waals surface area contributed by atoms with Crippen LogP contribution in [0.25, 0.3) is 183 Å². The van der Waals surface area contributed by atoms with Crippen molar-refractivity contribution in [1.29, 1.82) is 0 Å². The molecule has 0 aliphatic rings. The van der Waals surface area contributed by atoms with Crippen molar-refractivity contribution >= 4 is 183 Å². The predicted molar refractivity (Wildman–Crippen MR) is 636 cm³/mol. The van der Waals surface area contributed by atoms with Gasteiger partial charge in [-0.05, 0) is 377 Å². The highest BCUT2D eigenvalue weighted by Crippen LogP contribution is 2.42. The Morgan fingerprint density at radius 3 is 0.681 bits per heavy atom. The normalized spacial score (nSPS) is 10.2. The summed E-state index contributed by atoms with van der Waals surface area (Å²) >= 11 is 0. The van der Waals surface area contributed by atoms with Crippen molar-refractivity contribution in [2.24, 2.45) is 0 Å². The third-order valence-corrected chi connectivity index (χ3v) is 25.2. The highest BCUT2D eigenvalue weighted by atomic mass is 14.2. The minimum absolute atomic E-state index is 1.32. The Morgan fingerprint density at radius 1 is 0.101 bits per heavy atom. The van der Waals surface area contributed by atoms with Gasteiger partial charge in [0.1, 0.15) is 0 Å². The molecule has 24 aromatic rings. The second kappa shape index (κ2) is 53.3. The summed E-state index contributed by atoms with van der Waals surface area (Å²) in [6, 6.07) is 124. The average molecular weight is 1820 g/mol. The van der Waals surface area contributed by atoms with E-state index in [1.807, 2.05) is 138 Å². The summed E-state index contributed by atoms with van der Waals surface area (Å²) in [5, 5.41) is 46.5. The fraction of sp³-hybridized carbons (Fsp3) is 0.246. The smallest absolute Gasteiger partial charge is 0.00239 e. The Labute approximate surface area is 830 Å². The van der Waals surface area contributed by atoms with Crippen LogP contribution in [-0.2, 0) is 0 Å². The second-order valence-corrected chi connectivity index (χ2v) is 33.4. The lowest BCUT2D eigenvalue weighted by atomic mass is 9.90. The van der Waals surface area contributed by atoms with Gasteiger partial charge in [0.25, 0.3) is 0 Å². The van der Waals surface area contributed by atoms with Gasteiger partial charge >= 0.3 is 0 Å². The van der Waals surface area contributed by atoms with E-state index >= 15 is 0 Å². The average Bonchev–Trinajstić information content (AvgIpc) is 0.694. The van der Waals surface area contributed by atoms with Gasteiger partial charge in [0, 0.05) is 0 Å². The minimum Gasteiger partial charge on any atom is -0.0683 e. The van der Waals surface area contributed by atoms with E-state index in [4.69, 9.17) is 0 Å². The molecule has 0 N–H and O–H groups in total. The van der Waals surface area contributed by atoms with Crippen molar-refractivity contribution in [3.05, 3.63) is 418 Å². The monoisotopic (exact) mass is 1820 g/mol. The molecule has 0 aliphatic heterocycles. The molecule has 24 aromatic carbocycles. The molecule has 0 aromatic heterocycles. The molecular formula is C138H158. The summed E-state index contributed by atoms with van der Waals surface area (Å²) in [7, 11) is 0. The molecule has 0 saturated heterocycles. The van der Waals surface area contributed by atoms with Crippen LogP contribution in [0.4, 0.5) is 0 Å². The van der Waals surface area contributed by atoms with E-state index in [2.05, 4.69) is 437 Å². The van der Waals surface area contributed by atoms with Gasteiger partial charge in [-0.1, -0.05) is 459 Å². The first-order valence-corrected chi connectivity index (χ1v) is 51.7. The third-order valence-electron chi connectivity index (χ3n) is 25.2. The highest BCUT2D eigenvalue weighted by Gasteiger charge is 2.16. The molecule has 0 aliphatic carbocycles. The lowest BCUT2D eigenvalue weighted by Crippen LogP contribution is -1.88. The molecule has 0 atom stereocenters. The first kappa shape index (κ1) is 110. The molecule has 0 fully saturated rings. The number of hydrogen-bond donors (Lipinski definition) is 0. The van der Waals surface area contributed by atoms with Crippen molar-refractivity contribution in [2.45, 2.75) is 235 Å². The minimum atomic E-state index is 1.32. The molecule has 0 nitrogen and oxygen atoms in total. The molecule has 0 amide bonds. The van der Waals surface area contributed by atoms with Gasteiger partial charge in [0.05, 0.1) is 0 Å². The van der Waals surface area contributed by atoms with Gasteiger partial charge in [-0.2, -0.15) is 0 Å². The lowest BCUT2D eigenvalue weighted by molar-refractivity contribution is 1.47. The predicted octanol–water partition coefficient (Wildman–Crippen LogP) is 44.3. The Kier molecular flexibility index (Phi) is 42.4. The fourth-order valence-corrected chi connectivity index (χ4v) is 19.0. The second-order valence-electron chi connectivity index (χ2n) is 33.4. The first-order chi connectivity index (χ1) is 67.3. The number of aryl methyl sites for hydroxylation is 14. The molecule has 24 rings (SSSR count). The number of benzene rings is 24. The van der Waals surface area contributed by atoms with E-state index in [0.29, 0.717) is 0 Å². The molecule has 0 spiro atoms. The molecule has 0 bridgehead atoms. The first-order valence-electron chi connectivity index (χ1n) is 51.7. The van der Waals surface area contributed by atoms with E-state index in [9.17, 15) is 0 Å². The summed E-state index contributed by atoms with van der Waals surface area (Å²) < 4.78 is 0. The van der Waals surface area contributed by atoms with Gasteiger partial charge in [0.2, 0.25) is 0 Å². The number of hydrogen-bond acceptors (Lipinski definition) is 0. The van der Waals surface area contributed by atoms with Gasteiger partial charge in [-0.3, -0.25) is 0 Å². The topological polar surface area (TPSA) is 0 Å². The standard InChI is InChI=1S/3C18H14.4C16H14.10C2H6/c1-11-9-13-5-4-8-16-12(2)10-14-6-3-7-15(11)17(14)18(13)16;1-11-7-13-3-5-15-9-12(2)10-16-6-4-14(8-11)17(13)18(15)16;1-11-3-5-13-8-10-16-12(2)4-6-14-7-9-15(11)17(13)18(14)16;1-11-3-5-13-10-16-8-12(2)4-6-14(16)9-15(13)7-11;1-11-13-7-3-5-9-15(13)12(2)16-10-6-4-8-14(11)16;1-11-6-5-9-15-12(2)14-8-4-3-7-13(14)10-16(11)15;1-11-7-8-12(2)16-10-14-6-4-3-5-13(14)9-15(11)16;10*1-2/h3*3-10H,1-2H3;4*3-10H,1-2H3;10*1-2H3. The van der Waals surface area contributed by atoms with Gasteiger partial charge in [-0.15, -0.1) is 0 Å². The van der Waals surface area contributed by atoms with Crippen LogP contribution in [0.5, 0.6) is 0 Å². The van der Waals surface area contributed by atoms with Crippen LogP contribution in [0.15, 0.2) is 340 Å². The molecule has 138 heavy (non-hydrogen) atoms. The van der Waals surface area contributed by atoms with E-state index in [1.165, 1.54) is 261 Å². The summed E-state index contributed by atoms with van der Waals surface area (Å²) in [4.78, 5) is 0. The molecule has 710 valence electrons. The highest BCUT2D eigenvalue weighted by molar-refractivity contribution is 6.27. The molecule has 0 heteroatoms. The van der Waals surface area contributed by atoms with Crippen LogP contribution in [0.3, 0.4) is 0 Å². The fourth-order valence-electron chi connectivity index (χ4n) is 19.0. The van der Waals surface area contributed by atoms with Crippen molar-refractivity contribution in [3.63, 3.8) is 0 Å². The summed E-state index contributed by atoms with van der Waals surface area (Å²) in [5.41, 5.74) is 19.0. The maximum atomic E-state index is 2.31. The van der Waals surface area contributed by atoms with E-state index in [-0.39, 0.29) is 0 Å². The lowest BCUT2D eigenvalue weighted by Gasteiger charge is -2.14. The van der Waals surface area contributed by atoms with Crippen LogP contribution in [0.2, 0.25) is 0 Å². The maximum absolute atomic E-state index is 2.31. The van der Waals surface area contributed by atoms with Crippen LogP contribution in [0, 0.1) is 96.9 Å². The molecule has 0 unspecified atom stereocenters. The Morgan fingerprint density at radius 2 is 0.312 bits per heavy atom. The zero-order valence-corrected chi connectivity index (χ0v) is 90.3. The van der Waals surface area contributed by atoms with Gasteiger partial charge in [0.15, 0.2) is 0 Å². The van der Waals surface area contributed by atoms with Crippen LogP contribution in [-0.4, -0.2) is 0 Å². The number of fused-ring (bicyclic) bond motifs is 8. The van der Waals surface area contributed by atoms with Gasteiger partial charge in [-0.25, -0.2) is 0 Å². The van der Waals surface area contributed by atoms with Gasteiger partial charge < -0.3 is 0 Å². The molecule has 0 radical (unpaired) electrons. The molecule has 0 saturated carbocycles. The van der Waals surface area contributed by atoms with Crippen LogP contribution < -0.4 is 0 Å². The zero-order valence-electron chi connectivity index (χ0n) is 90.3. The Hall–Kier alpha value is -13.5. The maximum Gasteiger partial charge on any atom is -0.00239 e. The van der Waals surface area contributed by atoms with E-state index in [1.54, 1.807) is 0 Å². The van der Waals surface area contributed by atoms with Crippen LogP contribution in [0.1, 0.15) is 216 Å². The molecular weight excluding hydrogens is 1660 g/mol. The van der Waals surface area contributed by atoms with Crippen molar-refractivity contribution in [3.8, 4) is 0 Å². The summed E-state index contributed by atoms with van der Waals surface area (Å²) in [6.45, 7) is 70.6. The van der Waals surface area contributed by atoms with Crippen molar-refractivity contribution in [2.75, 3.05) is 0 Å².